The summed E-state index contributed by atoms with van der Waals surface area (Å²) >= 11 is 0. The summed E-state index contributed by atoms with van der Waals surface area (Å²) in [5.41, 5.74) is 5.71. The first-order valence-corrected chi connectivity index (χ1v) is 5.28. The molecule has 16 heavy (non-hydrogen) atoms. The molecule has 1 aromatic rings. The van der Waals surface area contributed by atoms with E-state index in [1.807, 2.05) is 0 Å². The number of ether oxygens (including phenoxy) is 2. The molecule has 1 rings (SSSR count). The number of methoxy groups -OCH3 is 2. The number of nitrogen functional groups attached to an aromatic ring is 1. The average Bonchev–Trinajstić information content (AvgIpc) is 2.15. The molecule has 2 N–H and O–H groups in total. The topological polar surface area (TPSA) is 102 Å². The van der Waals surface area contributed by atoms with Crippen LogP contribution in [0.1, 0.15) is 0 Å². The Morgan fingerprint density at radius 2 is 1.69 bits per heavy atom. The maximum absolute atomic E-state index is 10.9. The standard InChI is InChI=1S/C8H11NO5S.Li/c1-13-6-4-8(15(10,11)12)7(14-2)3-5(6)9;/h3-4H,9H2,1-2H3,(H,10,11,12);/q;+1/p-1. The number of anilines is 1. The van der Waals surface area contributed by atoms with E-state index in [2.05, 4.69) is 0 Å². The molecule has 0 radical (unpaired) electrons. The van der Waals surface area contributed by atoms with Gasteiger partial charge in [0, 0.05) is 12.1 Å². The van der Waals surface area contributed by atoms with Gasteiger partial charge in [0.05, 0.1) is 19.9 Å². The Morgan fingerprint density at radius 1 is 1.19 bits per heavy atom. The molecule has 0 spiro atoms. The van der Waals surface area contributed by atoms with E-state index in [1.165, 1.54) is 20.3 Å². The van der Waals surface area contributed by atoms with Crippen LogP contribution < -0.4 is 34.1 Å². The molecule has 0 heterocycles. The Bertz CT molecular complexity index is 474. The summed E-state index contributed by atoms with van der Waals surface area (Å²) < 4.78 is 42.1. The van der Waals surface area contributed by atoms with Gasteiger partial charge in [0.25, 0.3) is 0 Å². The molecule has 0 atom stereocenters. The summed E-state index contributed by atoms with van der Waals surface area (Å²) in [6.45, 7) is 0. The van der Waals surface area contributed by atoms with E-state index in [-0.39, 0.29) is 36.0 Å². The van der Waals surface area contributed by atoms with Crippen molar-refractivity contribution >= 4 is 15.8 Å². The summed E-state index contributed by atoms with van der Waals surface area (Å²) in [6, 6.07) is 2.26. The normalized spacial score (nSPS) is 10.4. The smallest absolute Gasteiger partial charge is 0.744 e. The minimum atomic E-state index is -4.61. The largest absolute Gasteiger partial charge is 1.00 e. The first kappa shape index (κ1) is 15.1. The molecule has 0 aliphatic heterocycles. The second kappa shape index (κ2) is 5.45. The van der Waals surface area contributed by atoms with Crippen LogP contribution in [0.3, 0.4) is 0 Å². The SMILES string of the molecule is COc1cc(S(=O)(=O)[O-])c(OC)cc1N.[Li+]. The van der Waals surface area contributed by atoms with Gasteiger partial charge in [-0.25, -0.2) is 8.42 Å². The molecule has 0 amide bonds. The van der Waals surface area contributed by atoms with E-state index in [9.17, 15) is 13.0 Å². The van der Waals surface area contributed by atoms with Crippen molar-refractivity contribution in [3.05, 3.63) is 12.1 Å². The number of hydrogen-bond acceptors (Lipinski definition) is 6. The van der Waals surface area contributed by atoms with Crippen LogP contribution in [0.15, 0.2) is 17.0 Å². The van der Waals surface area contributed by atoms with Crippen molar-refractivity contribution in [2.45, 2.75) is 4.90 Å². The number of benzene rings is 1. The van der Waals surface area contributed by atoms with Crippen LogP contribution in [0.4, 0.5) is 5.69 Å². The first-order valence-electron chi connectivity index (χ1n) is 3.87. The van der Waals surface area contributed by atoms with Gasteiger partial charge < -0.3 is 19.8 Å². The van der Waals surface area contributed by atoms with Gasteiger partial charge >= 0.3 is 18.9 Å². The fourth-order valence-corrected chi connectivity index (χ4v) is 1.73. The maximum atomic E-state index is 10.9. The Hall–Kier alpha value is -0.873. The maximum Gasteiger partial charge on any atom is 1.00 e. The van der Waals surface area contributed by atoms with E-state index in [4.69, 9.17) is 15.2 Å². The van der Waals surface area contributed by atoms with Gasteiger partial charge in [-0.2, -0.15) is 0 Å². The van der Waals surface area contributed by atoms with Gasteiger partial charge in [-0.05, 0) is 0 Å². The zero-order chi connectivity index (χ0) is 11.6. The number of hydrogen-bond donors (Lipinski definition) is 1. The third-order valence-corrected chi connectivity index (χ3v) is 2.64. The fourth-order valence-electron chi connectivity index (χ4n) is 1.09. The predicted molar refractivity (Wildman–Crippen MR) is 51.9 cm³/mol. The van der Waals surface area contributed by atoms with Crippen LogP contribution in [-0.2, 0) is 10.1 Å². The molecule has 0 saturated heterocycles. The summed E-state index contributed by atoms with van der Waals surface area (Å²) in [4.78, 5) is -0.490. The van der Waals surface area contributed by atoms with Crippen molar-refractivity contribution in [2.75, 3.05) is 20.0 Å². The third kappa shape index (κ3) is 3.06. The van der Waals surface area contributed by atoms with Crippen molar-refractivity contribution < 1.29 is 41.3 Å². The Balaban J connectivity index is 0.00000225. The van der Waals surface area contributed by atoms with Crippen LogP contribution in [0.2, 0.25) is 0 Å². The molecule has 0 bridgehead atoms. The van der Waals surface area contributed by atoms with Gasteiger partial charge in [-0.1, -0.05) is 0 Å². The van der Waals surface area contributed by atoms with E-state index in [1.54, 1.807) is 0 Å². The molecule has 1 aromatic carbocycles. The molecular formula is C8H10LiNO5S. The molecule has 0 aromatic heterocycles. The summed E-state index contributed by atoms with van der Waals surface area (Å²) in [6.07, 6.45) is 0. The molecule has 0 aliphatic rings. The van der Waals surface area contributed by atoms with E-state index in [0.717, 1.165) is 6.07 Å². The van der Waals surface area contributed by atoms with Gasteiger partial charge in [0.15, 0.2) is 0 Å². The Morgan fingerprint density at radius 3 is 2.06 bits per heavy atom. The van der Waals surface area contributed by atoms with E-state index >= 15 is 0 Å². The minimum absolute atomic E-state index is 0. The van der Waals surface area contributed by atoms with Crippen LogP contribution >= 0.6 is 0 Å². The van der Waals surface area contributed by atoms with E-state index < -0.39 is 15.0 Å². The molecule has 84 valence electrons. The Labute approximate surface area is 106 Å². The van der Waals surface area contributed by atoms with Crippen molar-refractivity contribution in [1.29, 1.82) is 0 Å². The first-order chi connectivity index (χ1) is 6.90. The van der Waals surface area contributed by atoms with Crippen LogP contribution in [0.5, 0.6) is 11.5 Å². The third-order valence-electron chi connectivity index (χ3n) is 1.79. The van der Waals surface area contributed by atoms with Crippen LogP contribution in [-0.4, -0.2) is 27.2 Å². The Kier molecular flexibility index (Phi) is 5.16. The van der Waals surface area contributed by atoms with E-state index in [0.29, 0.717) is 0 Å². The average molecular weight is 239 g/mol. The minimum Gasteiger partial charge on any atom is -0.744 e. The quantitative estimate of drug-likeness (QED) is 0.347. The fraction of sp³-hybridized carbons (Fsp3) is 0.250. The molecule has 0 unspecified atom stereocenters. The molecule has 8 heteroatoms. The van der Waals surface area contributed by atoms with Gasteiger partial charge in [-0.3, -0.25) is 0 Å². The summed E-state index contributed by atoms with van der Waals surface area (Å²) in [5, 5.41) is 0. The van der Waals surface area contributed by atoms with Gasteiger partial charge in [-0.15, -0.1) is 0 Å². The van der Waals surface area contributed by atoms with Gasteiger partial charge in [0.1, 0.15) is 26.5 Å². The molecule has 6 nitrogen and oxygen atoms in total. The molecular weight excluding hydrogens is 229 g/mol. The molecule has 0 saturated carbocycles. The number of rotatable bonds is 3. The van der Waals surface area contributed by atoms with Crippen molar-refractivity contribution in [3.63, 3.8) is 0 Å². The zero-order valence-electron chi connectivity index (χ0n) is 9.18. The van der Waals surface area contributed by atoms with Gasteiger partial charge in [0.2, 0.25) is 0 Å². The molecule has 0 aliphatic carbocycles. The summed E-state index contributed by atoms with van der Waals surface area (Å²) in [7, 11) is -2.04. The second-order valence-corrected chi connectivity index (χ2v) is 4.05. The zero-order valence-corrected chi connectivity index (χ0v) is 10.00. The summed E-state index contributed by atoms with van der Waals surface area (Å²) in [5.74, 6) is 0.0218. The predicted octanol–water partition coefficient (Wildman–Crippen LogP) is -2.81. The monoisotopic (exact) mass is 239 g/mol. The van der Waals surface area contributed by atoms with Crippen molar-refractivity contribution in [1.82, 2.24) is 0 Å². The van der Waals surface area contributed by atoms with Crippen LogP contribution in [0, 0.1) is 0 Å². The second-order valence-electron chi connectivity index (χ2n) is 2.70. The number of nitrogens with two attached hydrogens (primary N) is 1. The van der Waals surface area contributed by atoms with Crippen molar-refractivity contribution in [3.8, 4) is 11.5 Å². The molecule has 0 fully saturated rings. The van der Waals surface area contributed by atoms with Crippen LogP contribution in [0.25, 0.3) is 0 Å². The van der Waals surface area contributed by atoms with Crippen molar-refractivity contribution in [2.24, 2.45) is 0 Å².